The Bertz CT molecular complexity index is 483. The predicted molar refractivity (Wildman–Crippen MR) is 76.9 cm³/mol. The van der Waals surface area contributed by atoms with Gasteiger partial charge in [-0.15, -0.1) is 11.3 Å². The lowest BCUT2D eigenvalue weighted by Crippen LogP contribution is -2.20. The van der Waals surface area contributed by atoms with Crippen molar-refractivity contribution >= 4 is 27.3 Å². The van der Waals surface area contributed by atoms with Crippen LogP contribution in [0.4, 0.5) is 0 Å². The van der Waals surface area contributed by atoms with Crippen LogP contribution in [0.1, 0.15) is 10.6 Å². The van der Waals surface area contributed by atoms with Gasteiger partial charge in [-0.1, -0.05) is 0 Å². The van der Waals surface area contributed by atoms with Crippen molar-refractivity contribution in [2.75, 3.05) is 20.3 Å². The number of imidazole rings is 1. The summed E-state index contributed by atoms with van der Waals surface area (Å²) in [5.41, 5.74) is 1.19. The van der Waals surface area contributed by atoms with Crippen molar-refractivity contribution in [1.82, 2.24) is 14.9 Å². The number of hydrogen-bond acceptors (Lipinski definition) is 4. The molecule has 0 aliphatic rings. The van der Waals surface area contributed by atoms with Gasteiger partial charge in [0.1, 0.15) is 0 Å². The number of thiophene rings is 1. The minimum absolute atomic E-state index is 0.727. The molecule has 4 nitrogen and oxygen atoms in total. The molecule has 0 saturated heterocycles. The minimum atomic E-state index is 0.727. The van der Waals surface area contributed by atoms with Crippen LogP contribution < -0.4 is 5.32 Å². The molecule has 0 spiro atoms. The molecule has 6 heteroatoms. The molecular formula is C12H16BrN3OS. The highest BCUT2D eigenvalue weighted by Crippen LogP contribution is 2.23. The van der Waals surface area contributed by atoms with Crippen LogP contribution >= 0.6 is 27.3 Å². The second kappa shape index (κ2) is 7.04. The van der Waals surface area contributed by atoms with Crippen molar-refractivity contribution in [3.8, 4) is 0 Å². The fourth-order valence-electron chi connectivity index (χ4n) is 1.62. The molecule has 0 unspecified atom stereocenters. The van der Waals surface area contributed by atoms with E-state index in [1.54, 1.807) is 18.4 Å². The highest BCUT2D eigenvalue weighted by molar-refractivity contribution is 9.10. The van der Waals surface area contributed by atoms with Gasteiger partial charge in [0.2, 0.25) is 0 Å². The molecule has 2 heterocycles. The molecule has 0 fully saturated rings. The van der Waals surface area contributed by atoms with Gasteiger partial charge in [0, 0.05) is 35.7 Å². The van der Waals surface area contributed by atoms with Crippen LogP contribution in [0, 0.1) is 0 Å². The zero-order valence-corrected chi connectivity index (χ0v) is 12.6. The molecule has 0 radical (unpaired) electrons. The van der Waals surface area contributed by atoms with Gasteiger partial charge in [0.05, 0.1) is 25.2 Å². The Kier molecular flexibility index (Phi) is 5.37. The van der Waals surface area contributed by atoms with Crippen LogP contribution in [0.3, 0.4) is 0 Å². The Balaban J connectivity index is 1.93. The van der Waals surface area contributed by atoms with E-state index in [1.165, 1.54) is 15.0 Å². The van der Waals surface area contributed by atoms with E-state index >= 15 is 0 Å². The third-order valence-electron chi connectivity index (χ3n) is 2.59. The molecule has 0 saturated carbocycles. The van der Waals surface area contributed by atoms with Gasteiger partial charge in [-0.25, -0.2) is 4.98 Å². The lowest BCUT2D eigenvalue weighted by atomic mass is 10.4. The Labute approximate surface area is 119 Å². The van der Waals surface area contributed by atoms with Gasteiger partial charge in [0.25, 0.3) is 0 Å². The summed E-state index contributed by atoms with van der Waals surface area (Å²) >= 11 is 5.31. The van der Waals surface area contributed by atoms with E-state index in [9.17, 15) is 0 Å². The van der Waals surface area contributed by atoms with Gasteiger partial charge in [0.15, 0.2) is 0 Å². The maximum absolute atomic E-state index is 5.00. The van der Waals surface area contributed by atoms with Crippen molar-refractivity contribution in [2.24, 2.45) is 0 Å². The molecule has 2 aromatic heterocycles. The summed E-state index contributed by atoms with van der Waals surface area (Å²) in [5.74, 6) is 0. The summed E-state index contributed by atoms with van der Waals surface area (Å²) in [4.78, 5) is 5.52. The van der Waals surface area contributed by atoms with Crippen LogP contribution in [0.2, 0.25) is 0 Å². The van der Waals surface area contributed by atoms with E-state index in [2.05, 4.69) is 42.2 Å². The Morgan fingerprint density at radius 1 is 1.56 bits per heavy atom. The second-order valence-corrected chi connectivity index (χ2v) is 5.73. The molecule has 98 valence electrons. The smallest absolute Gasteiger partial charge is 0.0952 e. The first kappa shape index (κ1) is 13.7. The molecule has 0 amide bonds. The molecule has 18 heavy (non-hydrogen) atoms. The molecule has 1 N–H and O–H groups in total. The number of hydrogen-bond donors (Lipinski definition) is 1. The highest BCUT2D eigenvalue weighted by Gasteiger charge is 2.06. The molecule has 0 atom stereocenters. The monoisotopic (exact) mass is 329 g/mol. The quantitative estimate of drug-likeness (QED) is 0.793. The zero-order chi connectivity index (χ0) is 12.8. The van der Waals surface area contributed by atoms with Crippen LogP contribution in [0.5, 0.6) is 0 Å². The Hall–Kier alpha value is -0.690. The molecule has 2 aromatic rings. The van der Waals surface area contributed by atoms with Crippen LogP contribution in [-0.4, -0.2) is 29.8 Å². The summed E-state index contributed by atoms with van der Waals surface area (Å²) in [6.45, 7) is 3.25. The Morgan fingerprint density at radius 3 is 3.17 bits per heavy atom. The average Bonchev–Trinajstić information content (AvgIpc) is 2.96. The molecule has 0 aliphatic carbocycles. The lowest BCUT2D eigenvalue weighted by Gasteiger charge is -2.08. The fourth-order valence-corrected chi connectivity index (χ4v) is 3.10. The molecule has 2 rings (SSSR count). The summed E-state index contributed by atoms with van der Waals surface area (Å²) in [6, 6.07) is 2.08. The van der Waals surface area contributed by atoms with Gasteiger partial charge < -0.3 is 14.6 Å². The van der Waals surface area contributed by atoms with Crippen molar-refractivity contribution in [3.63, 3.8) is 0 Å². The van der Waals surface area contributed by atoms with Crippen LogP contribution in [-0.2, 0) is 17.8 Å². The summed E-state index contributed by atoms with van der Waals surface area (Å²) < 4.78 is 8.33. The molecule has 0 bridgehead atoms. The average molecular weight is 330 g/mol. The van der Waals surface area contributed by atoms with E-state index in [0.29, 0.717) is 0 Å². The first-order valence-electron chi connectivity index (χ1n) is 5.72. The number of methoxy groups -OCH3 is 1. The lowest BCUT2D eigenvalue weighted by molar-refractivity contribution is 0.199. The largest absolute Gasteiger partial charge is 0.383 e. The summed E-state index contributed by atoms with van der Waals surface area (Å²) in [6.07, 6.45) is 3.78. The van der Waals surface area contributed by atoms with Crippen LogP contribution in [0.25, 0.3) is 0 Å². The normalized spacial score (nSPS) is 11.0. The van der Waals surface area contributed by atoms with E-state index in [0.717, 1.165) is 26.2 Å². The van der Waals surface area contributed by atoms with E-state index in [-0.39, 0.29) is 0 Å². The molecule has 0 aromatic carbocycles. The first-order valence-corrected chi connectivity index (χ1v) is 7.39. The zero-order valence-electron chi connectivity index (χ0n) is 10.2. The number of aromatic nitrogens is 2. The summed E-state index contributed by atoms with van der Waals surface area (Å²) in [7, 11) is 1.71. The Morgan fingerprint density at radius 2 is 2.44 bits per heavy atom. The maximum Gasteiger partial charge on any atom is 0.0952 e. The standard InChI is InChI=1S/C12H16BrN3OS/c1-17-4-3-14-6-10-7-15-9-16(10)8-12-11(13)2-5-18-12/h2,5,7,9,14H,3-4,6,8H2,1H3. The first-order chi connectivity index (χ1) is 8.81. The topological polar surface area (TPSA) is 39.1 Å². The summed E-state index contributed by atoms with van der Waals surface area (Å²) in [5, 5.41) is 5.42. The SMILES string of the molecule is COCCNCc1cncn1Cc1sccc1Br. The second-order valence-electron chi connectivity index (χ2n) is 3.87. The van der Waals surface area contributed by atoms with Crippen molar-refractivity contribution in [2.45, 2.75) is 13.1 Å². The van der Waals surface area contributed by atoms with Crippen molar-refractivity contribution in [3.05, 3.63) is 39.0 Å². The fraction of sp³-hybridized carbons (Fsp3) is 0.417. The number of halogens is 1. The molecular weight excluding hydrogens is 314 g/mol. The van der Waals surface area contributed by atoms with E-state index in [4.69, 9.17) is 4.74 Å². The molecule has 0 aliphatic heterocycles. The third kappa shape index (κ3) is 3.65. The van der Waals surface area contributed by atoms with Crippen molar-refractivity contribution < 1.29 is 4.74 Å². The maximum atomic E-state index is 5.00. The number of ether oxygens (including phenoxy) is 1. The number of nitrogens with one attached hydrogen (secondary N) is 1. The van der Waals surface area contributed by atoms with Gasteiger partial charge in [-0.2, -0.15) is 0 Å². The van der Waals surface area contributed by atoms with E-state index in [1.807, 2.05) is 12.5 Å². The number of nitrogens with zero attached hydrogens (tertiary/aromatic N) is 2. The van der Waals surface area contributed by atoms with E-state index < -0.39 is 0 Å². The number of rotatable bonds is 7. The van der Waals surface area contributed by atoms with Gasteiger partial charge in [-0.3, -0.25) is 0 Å². The third-order valence-corrected chi connectivity index (χ3v) is 4.50. The van der Waals surface area contributed by atoms with Crippen LogP contribution in [0.15, 0.2) is 28.4 Å². The minimum Gasteiger partial charge on any atom is -0.383 e. The van der Waals surface area contributed by atoms with Crippen molar-refractivity contribution in [1.29, 1.82) is 0 Å². The van der Waals surface area contributed by atoms with Gasteiger partial charge in [-0.05, 0) is 27.4 Å². The highest BCUT2D eigenvalue weighted by atomic mass is 79.9. The predicted octanol–water partition coefficient (Wildman–Crippen LogP) is 2.49. The van der Waals surface area contributed by atoms with Gasteiger partial charge >= 0.3 is 0 Å².